The number of terminal acetylenes is 1. The second-order valence-corrected chi connectivity index (χ2v) is 4.21. The Morgan fingerprint density at radius 2 is 2.29 bits per heavy atom. The molecule has 0 aliphatic heterocycles. The number of aryl methyl sites for hydroxylation is 1. The van der Waals surface area contributed by atoms with Gasteiger partial charge in [-0.1, -0.05) is 13.0 Å². The van der Waals surface area contributed by atoms with Crippen molar-refractivity contribution in [3.63, 3.8) is 0 Å². The van der Waals surface area contributed by atoms with Gasteiger partial charge in [-0.2, -0.15) is 0 Å². The molecule has 1 rings (SSSR count). The van der Waals surface area contributed by atoms with Gasteiger partial charge in [0.05, 0.1) is 0 Å². The zero-order chi connectivity index (χ0) is 12.3. The molecule has 0 aliphatic carbocycles. The Morgan fingerprint density at radius 3 is 2.94 bits per heavy atom. The van der Waals surface area contributed by atoms with Gasteiger partial charge in [0.2, 0.25) is 0 Å². The number of aromatic nitrogens is 1. The van der Waals surface area contributed by atoms with Crippen LogP contribution in [0.3, 0.4) is 0 Å². The number of unbranched alkanes of at least 4 members (excludes halogenated alkanes) is 1. The zero-order valence-electron chi connectivity index (χ0n) is 10.7. The zero-order valence-corrected chi connectivity index (χ0v) is 10.7. The molecule has 1 heterocycles. The highest BCUT2D eigenvalue weighted by Gasteiger charge is 2.07. The molecule has 0 bridgehead atoms. The smallest absolute Gasteiger partial charge is 0.0404 e. The van der Waals surface area contributed by atoms with Crippen molar-refractivity contribution >= 4 is 0 Å². The minimum Gasteiger partial charge on any atom is -0.314 e. The summed E-state index contributed by atoms with van der Waals surface area (Å²) in [5.74, 6) is 2.70. The topological polar surface area (TPSA) is 24.9 Å². The second kappa shape index (κ2) is 8.78. The van der Waals surface area contributed by atoms with E-state index in [1.165, 1.54) is 5.69 Å². The number of rotatable bonds is 8. The Balaban J connectivity index is 2.31. The second-order valence-electron chi connectivity index (χ2n) is 4.21. The van der Waals surface area contributed by atoms with Crippen LogP contribution in [0.2, 0.25) is 0 Å². The molecule has 0 aliphatic rings. The minimum atomic E-state index is 0.565. The Hall–Kier alpha value is -1.33. The molecule has 1 unspecified atom stereocenters. The summed E-state index contributed by atoms with van der Waals surface area (Å²) in [6.45, 7) is 3.16. The third-order valence-electron chi connectivity index (χ3n) is 2.84. The van der Waals surface area contributed by atoms with Gasteiger partial charge in [0.15, 0.2) is 0 Å². The van der Waals surface area contributed by atoms with Crippen molar-refractivity contribution < 1.29 is 0 Å². The number of nitrogens with zero attached hydrogens (tertiary/aromatic N) is 1. The maximum Gasteiger partial charge on any atom is 0.0404 e. The molecular weight excluding hydrogens is 208 g/mol. The van der Waals surface area contributed by atoms with E-state index in [0.717, 1.165) is 38.6 Å². The summed E-state index contributed by atoms with van der Waals surface area (Å²) < 4.78 is 0. The van der Waals surface area contributed by atoms with Crippen LogP contribution in [0, 0.1) is 12.3 Å². The Labute approximate surface area is 105 Å². The molecule has 0 spiro atoms. The number of nitrogens with one attached hydrogen (secondary N) is 1. The van der Waals surface area contributed by atoms with E-state index in [1.807, 2.05) is 18.3 Å². The van der Waals surface area contributed by atoms with E-state index in [0.29, 0.717) is 6.04 Å². The van der Waals surface area contributed by atoms with Gasteiger partial charge < -0.3 is 5.32 Å². The van der Waals surface area contributed by atoms with Crippen LogP contribution in [-0.2, 0) is 6.42 Å². The number of pyridine rings is 1. The first kappa shape index (κ1) is 13.7. The van der Waals surface area contributed by atoms with Crippen molar-refractivity contribution in [2.75, 3.05) is 6.54 Å². The molecule has 2 nitrogen and oxygen atoms in total. The molecule has 0 saturated heterocycles. The molecule has 0 aromatic carbocycles. The van der Waals surface area contributed by atoms with Crippen molar-refractivity contribution in [1.82, 2.24) is 10.3 Å². The lowest BCUT2D eigenvalue weighted by Crippen LogP contribution is -2.29. The normalized spacial score (nSPS) is 12.0. The highest BCUT2D eigenvalue weighted by Crippen LogP contribution is 2.08. The fraction of sp³-hybridized carbons (Fsp3) is 0.533. The van der Waals surface area contributed by atoms with Crippen LogP contribution in [0.15, 0.2) is 24.4 Å². The standard InChI is InChI=1S/C15H22N2/c1-3-5-6-9-14(16-4-2)11-12-15-10-7-8-13-17-15/h1,7-8,10,13-14,16H,4-6,9,11-12H2,2H3. The van der Waals surface area contributed by atoms with Crippen molar-refractivity contribution in [1.29, 1.82) is 0 Å². The third-order valence-corrected chi connectivity index (χ3v) is 2.84. The monoisotopic (exact) mass is 230 g/mol. The molecule has 1 atom stereocenters. The molecule has 92 valence electrons. The first-order chi connectivity index (χ1) is 8.36. The van der Waals surface area contributed by atoms with Gasteiger partial charge in [-0.05, 0) is 44.4 Å². The summed E-state index contributed by atoms with van der Waals surface area (Å²) in [6, 6.07) is 6.65. The van der Waals surface area contributed by atoms with Gasteiger partial charge in [0, 0.05) is 24.4 Å². The van der Waals surface area contributed by atoms with Crippen LogP contribution in [0.1, 0.15) is 38.3 Å². The highest BCUT2D eigenvalue weighted by molar-refractivity contribution is 5.03. The fourth-order valence-electron chi connectivity index (χ4n) is 1.96. The van der Waals surface area contributed by atoms with Gasteiger partial charge in [-0.3, -0.25) is 4.98 Å². The Bertz CT molecular complexity index is 327. The van der Waals surface area contributed by atoms with E-state index < -0.39 is 0 Å². The molecule has 1 aromatic rings. The Morgan fingerprint density at radius 1 is 1.41 bits per heavy atom. The molecule has 1 aromatic heterocycles. The van der Waals surface area contributed by atoms with E-state index in [2.05, 4.69) is 29.2 Å². The van der Waals surface area contributed by atoms with Crippen LogP contribution in [0.4, 0.5) is 0 Å². The van der Waals surface area contributed by atoms with Gasteiger partial charge in [-0.15, -0.1) is 12.3 Å². The van der Waals surface area contributed by atoms with Crippen LogP contribution in [0.5, 0.6) is 0 Å². The van der Waals surface area contributed by atoms with E-state index in [9.17, 15) is 0 Å². The first-order valence-electron chi connectivity index (χ1n) is 6.43. The molecule has 17 heavy (non-hydrogen) atoms. The minimum absolute atomic E-state index is 0.565. The highest BCUT2D eigenvalue weighted by atomic mass is 14.9. The summed E-state index contributed by atoms with van der Waals surface area (Å²) in [5, 5.41) is 3.52. The maximum absolute atomic E-state index is 5.27. The largest absolute Gasteiger partial charge is 0.314 e. The first-order valence-corrected chi connectivity index (χ1v) is 6.43. The van der Waals surface area contributed by atoms with Crippen LogP contribution in [-0.4, -0.2) is 17.6 Å². The molecule has 2 heteroatoms. The quantitative estimate of drug-likeness (QED) is 0.548. The lowest BCUT2D eigenvalue weighted by atomic mass is 10.0. The summed E-state index contributed by atoms with van der Waals surface area (Å²) >= 11 is 0. The van der Waals surface area contributed by atoms with E-state index >= 15 is 0 Å². The van der Waals surface area contributed by atoms with Crippen LogP contribution < -0.4 is 5.32 Å². The number of hydrogen-bond donors (Lipinski definition) is 1. The van der Waals surface area contributed by atoms with Gasteiger partial charge in [0.25, 0.3) is 0 Å². The lowest BCUT2D eigenvalue weighted by molar-refractivity contribution is 0.452. The lowest BCUT2D eigenvalue weighted by Gasteiger charge is -2.17. The number of hydrogen-bond acceptors (Lipinski definition) is 2. The predicted octanol–water partition coefficient (Wildman–Crippen LogP) is 2.80. The van der Waals surface area contributed by atoms with Gasteiger partial charge in [-0.25, -0.2) is 0 Å². The average molecular weight is 230 g/mol. The van der Waals surface area contributed by atoms with Crippen LogP contribution >= 0.6 is 0 Å². The summed E-state index contributed by atoms with van der Waals surface area (Å²) in [6.07, 6.45) is 12.4. The molecule has 1 N–H and O–H groups in total. The fourth-order valence-corrected chi connectivity index (χ4v) is 1.96. The van der Waals surface area contributed by atoms with E-state index in [1.54, 1.807) is 0 Å². The van der Waals surface area contributed by atoms with Crippen molar-refractivity contribution in [3.8, 4) is 12.3 Å². The molecule has 0 fully saturated rings. The van der Waals surface area contributed by atoms with Gasteiger partial charge in [0.1, 0.15) is 0 Å². The predicted molar refractivity (Wildman–Crippen MR) is 72.7 cm³/mol. The summed E-state index contributed by atoms with van der Waals surface area (Å²) in [5.41, 5.74) is 1.17. The van der Waals surface area contributed by atoms with E-state index in [-0.39, 0.29) is 0 Å². The van der Waals surface area contributed by atoms with Crippen molar-refractivity contribution in [2.45, 2.75) is 45.1 Å². The molecular formula is C15H22N2. The molecule has 0 saturated carbocycles. The summed E-state index contributed by atoms with van der Waals surface area (Å²) in [4.78, 5) is 4.35. The SMILES string of the molecule is C#CCCCC(CCc1ccccn1)NCC. The molecule has 0 amide bonds. The van der Waals surface area contributed by atoms with Crippen molar-refractivity contribution in [3.05, 3.63) is 30.1 Å². The Kier molecular flexibility index (Phi) is 7.09. The average Bonchev–Trinajstić information content (AvgIpc) is 2.37. The maximum atomic E-state index is 5.27. The van der Waals surface area contributed by atoms with Crippen molar-refractivity contribution in [2.24, 2.45) is 0 Å². The third kappa shape index (κ3) is 6.09. The van der Waals surface area contributed by atoms with Gasteiger partial charge >= 0.3 is 0 Å². The summed E-state index contributed by atoms with van der Waals surface area (Å²) in [7, 11) is 0. The molecule has 0 radical (unpaired) electrons. The van der Waals surface area contributed by atoms with Crippen LogP contribution in [0.25, 0.3) is 0 Å². The van der Waals surface area contributed by atoms with E-state index in [4.69, 9.17) is 6.42 Å².